The summed E-state index contributed by atoms with van der Waals surface area (Å²) in [5.74, 6) is 1.72. The molecule has 21 heavy (non-hydrogen) atoms. The average Bonchev–Trinajstić information content (AvgIpc) is 3.38. The second-order valence-corrected chi connectivity index (χ2v) is 6.74. The molecule has 108 valence electrons. The van der Waals surface area contributed by atoms with Crippen molar-refractivity contribution in [2.24, 2.45) is 5.92 Å². The summed E-state index contributed by atoms with van der Waals surface area (Å²) >= 11 is 3.44. The van der Waals surface area contributed by atoms with Gasteiger partial charge in [0.2, 0.25) is 5.91 Å². The number of carbonyl (C=O) groups excluding carboxylic acids is 1. The third kappa shape index (κ3) is 2.60. The van der Waals surface area contributed by atoms with E-state index >= 15 is 0 Å². The first-order valence-electron chi connectivity index (χ1n) is 7.13. The summed E-state index contributed by atoms with van der Waals surface area (Å²) in [6, 6.07) is 8.63. The normalized spacial score (nSPS) is 30.0. The van der Waals surface area contributed by atoms with E-state index in [1.807, 2.05) is 12.1 Å². The van der Waals surface area contributed by atoms with E-state index in [4.69, 9.17) is 0 Å². The first kappa shape index (κ1) is 13.0. The average molecular weight is 347 g/mol. The Morgan fingerprint density at radius 3 is 2.76 bits per heavy atom. The SMILES string of the molecule is O=C(N[C@@H]1C[C@H]1c1ccc(Br)cc1)[C@H]1C[C@H]1c1ncn[nH]1. The van der Waals surface area contributed by atoms with Crippen molar-refractivity contribution in [2.75, 3.05) is 0 Å². The zero-order valence-electron chi connectivity index (χ0n) is 11.3. The van der Waals surface area contributed by atoms with E-state index in [1.54, 1.807) is 0 Å². The van der Waals surface area contributed by atoms with E-state index in [0.717, 1.165) is 23.1 Å². The predicted molar refractivity (Wildman–Crippen MR) is 80.7 cm³/mol. The minimum atomic E-state index is 0.0594. The van der Waals surface area contributed by atoms with Crippen molar-refractivity contribution in [1.29, 1.82) is 0 Å². The van der Waals surface area contributed by atoms with Crippen molar-refractivity contribution in [3.63, 3.8) is 0 Å². The van der Waals surface area contributed by atoms with Gasteiger partial charge in [-0.15, -0.1) is 0 Å². The maximum Gasteiger partial charge on any atom is 0.224 e. The van der Waals surface area contributed by atoms with E-state index in [-0.39, 0.29) is 23.8 Å². The second kappa shape index (κ2) is 4.94. The van der Waals surface area contributed by atoms with Crippen molar-refractivity contribution < 1.29 is 4.79 Å². The van der Waals surface area contributed by atoms with Crippen LogP contribution in [0.4, 0.5) is 0 Å². The third-order valence-corrected chi connectivity index (χ3v) is 4.86. The molecule has 5 nitrogen and oxygen atoms in total. The Hall–Kier alpha value is -1.69. The monoisotopic (exact) mass is 346 g/mol. The number of nitrogens with zero attached hydrogens (tertiary/aromatic N) is 2. The van der Waals surface area contributed by atoms with Crippen molar-refractivity contribution in [3.8, 4) is 0 Å². The number of H-pyrrole nitrogens is 1. The van der Waals surface area contributed by atoms with Crippen molar-refractivity contribution >= 4 is 21.8 Å². The van der Waals surface area contributed by atoms with Gasteiger partial charge in [0.25, 0.3) is 0 Å². The highest BCUT2D eigenvalue weighted by Crippen LogP contribution is 2.47. The molecule has 2 saturated carbocycles. The van der Waals surface area contributed by atoms with E-state index in [1.165, 1.54) is 11.9 Å². The Morgan fingerprint density at radius 2 is 2.05 bits per heavy atom. The molecule has 1 aromatic carbocycles. The van der Waals surface area contributed by atoms with E-state index < -0.39 is 0 Å². The molecular weight excluding hydrogens is 332 g/mol. The number of amides is 1. The molecule has 4 atom stereocenters. The molecule has 0 unspecified atom stereocenters. The highest BCUT2D eigenvalue weighted by molar-refractivity contribution is 9.10. The van der Waals surface area contributed by atoms with E-state index in [9.17, 15) is 4.79 Å². The van der Waals surface area contributed by atoms with Gasteiger partial charge in [-0.05, 0) is 30.5 Å². The van der Waals surface area contributed by atoms with Crippen LogP contribution in [0.3, 0.4) is 0 Å². The second-order valence-electron chi connectivity index (χ2n) is 5.83. The number of hydrogen-bond acceptors (Lipinski definition) is 3. The number of halogens is 1. The van der Waals surface area contributed by atoms with Crippen LogP contribution in [0.15, 0.2) is 35.1 Å². The zero-order valence-corrected chi connectivity index (χ0v) is 12.9. The van der Waals surface area contributed by atoms with Crippen LogP contribution in [0.2, 0.25) is 0 Å². The fraction of sp³-hybridized carbons (Fsp3) is 0.400. The molecule has 2 fully saturated rings. The predicted octanol–water partition coefficient (Wildman–Crippen LogP) is 2.34. The molecule has 1 heterocycles. The minimum absolute atomic E-state index is 0.0594. The first-order chi connectivity index (χ1) is 10.2. The number of aromatic amines is 1. The molecule has 2 aliphatic rings. The summed E-state index contributed by atoms with van der Waals surface area (Å²) in [5, 5.41) is 9.84. The summed E-state index contributed by atoms with van der Waals surface area (Å²) in [5.41, 5.74) is 1.30. The van der Waals surface area contributed by atoms with Gasteiger partial charge in [-0.2, -0.15) is 5.10 Å². The maximum absolute atomic E-state index is 12.2. The van der Waals surface area contributed by atoms with Crippen LogP contribution >= 0.6 is 15.9 Å². The molecular formula is C15H15BrN4O. The van der Waals surface area contributed by atoms with Crippen LogP contribution < -0.4 is 5.32 Å². The van der Waals surface area contributed by atoms with Gasteiger partial charge in [0.05, 0.1) is 0 Å². The van der Waals surface area contributed by atoms with Gasteiger partial charge in [0, 0.05) is 28.3 Å². The van der Waals surface area contributed by atoms with Gasteiger partial charge < -0.3 is 5.32 Å². The molecule has 2 aliphatic carbocycles. The van der Waals surface area contributed by atoms with E-state index in [0.29, 0.717) is 5.92 Å². The number of rotatable bonds is 4. The fourth-order valence-electron chi connectivity index (χ4n) is 2.90. The van der Waals surface area contributed by atoms with Gasteiger partial charge >= 0.3 is 0 Å². The van der Waals surface area contributed by atoms with Crippen LogP contribution in [0, 0.1) is 5.92 Å². The van der Waals surface area contributed by atoms with Crippen LogP contribution in [0.25, 0.3) is 0 Å². The number of nitrogens with one attached hydrogen (secondary N) is 2. The Balaban J connectivity index is 1.32. The molecule has 2 aromatic rings. The largest absolute Gasteiger partial charge is 0.352 e. The highest BCUT2D eigenvalue weighted by Gasteiger charge is 2.48. The van der Waals surface area contributed by atoms with Crippen molar-refractivity contribution in [1.82, 2.24) is 20.5 Å². The molecule has 0 saturated heterocycles. The molecule has 4 rings (SSSR count). The van der Waals surface area contributed by atoms with Crippen molar-refractivity contribution in [2.45, 2.75) is 30.7 Å². The van der Waals surface area contributed by atoms with Crippen molar-refractivity contribution in [3.05, 3.63) is 46.5 Å². The Morgan fingerprint density at radius 1 is 1.24 bits per heavy atom. The first-order valence-corrected chi connectivity index (χ1v) is 7.93. The molecule has 0 radical (unpaired) electrons. The van der Waals surface area contributed by atoms with Gasteiger partial charge in [0.1, 0.15) is 12.2 Å². The summed E-state index contributed by atoms with van der Waals surface area (Å²) < 4.78 is 1.08. The molecule has 0 aliphatic heterocycles. The Kier molecular flexibility index (Phi) is 3.06. The highest BCUT2D eigenvalue weighted by atomic mass is 79.9. The van der Waals surface area contributed by atoms with E-state index in [2.05, 4.69) is 48.6 Å². The standard InChI is InChI=1S/C15H15BrN4O/c16-9-3-1-8(2-4-9)10-6-13(10)19-15(21)12-5-11(12)14-17-7-18-20-14/h1-4,7,10-13H,5-6H2,(H,19,21)(H,17,18,20)/t10-,11+,12-,13+/m0/s1. The molecule has 6 heteroatoms. The smallest absolute Gasteiger partial charge is 0.224 e. The summed E-state index contributed by atoms with van der Waals surface area (Å²) in [6.45, 7) is 0. The zero-order chi connectivity index (χ0) is 14.4. The lowest BCUT2D eigenvalue weighted by Gasteiger charge is -2.04. The van der Waals surface area contributed by atoms with Gasteiger partial charge in [0.15, 0.2) is 0 Å². The quantitative estimate of drug-likeness (QED) is 0.892. The van der Waals surface area contributed by atoms with Crippen LogP contribution in [0.1, 0.15) is 36.1 Å². The summed E-state index contributed by atoms with van der Waals surface area (Å²) in [7, 11) is 0. The molecule has 0 bridgehead atoms. The van der Waals surface area contributed by atoms with Crippen LogP contribution in [-0.4, -0.2) is 27.1 Å². The Labute approximate surface area is 130 Å². The van der Waals surface area contributed by atoms with Gasteiger partial charge in [-0.1, -0.05) is 28.1 Å². The van der Waals surface area contributed by atoms with Crippen LogP contribution in [0.5, 0.6) is 0 Å². The number of hydrogen-bond donors (Lipinski definition) is 2. The minimum Gasteiger partial charge on any atom is -0.352 e. The van der Waals surface area contributed by atoms with Crippen LogP contribution in [-0.2, 0) is 4.79 Å². The molecule has 2 N–H and O–H groups in total. The molecule has 1 amide bonds. The summed E-state index contributed by atoms with van der Waals surface area (Å²) in [6.07, 6.45) is 3.40. The number of carbonyl (C=O) groups is 1. The summed E-state index contributed by atoms with van der Waals surface area (Å²) in [4.78, 5) is 16.3. The lowest BCUT2D eigenvalue weighted by molar-refractivity contribution is -0.122. The molecule has 1 aromatic heterocycles. The lowest BCUT2D eigenvalue weighted by Crippen LogP contribution is -2.28. The lowest BCUT2D eigenvalue weighted by atomic mass is 10.1. The number of benzene rings is 1. The molecule has 0 spiro atoms. The topological polar surface area (TPSA) is 70.7 Å². The maximum atomic E-state index is 12.2. The number of aromatic nitrogens is 3. The van der Waals surface area contributed by atoms with Gasteiger partial charge in [-0.3, -0.25) is 9.89 Å². The Bertz CT molecular complexity index is 655. The fourth-order valence-corrected chi connectivity index (χ4v) is 3.17. The third-order valence-electron chi connectivity index (χ3n) is 4.33. The van der Waals surface area contributed by atoms with Gasteiger partial charge in [-0.25, -0.2) is 4.98 Å².